The van der Waals surface area contributed by atoms with E-state index < -0.39 is 0 Å². The van der Waals surface area contributed by atoms with E-state index in [1.54, 1.807) is 0 Å². The Kier molecular flexibility index (Phi) is 4.95. The standard InChI is InChI=1S/C13H27N3O/c1-6-10(2)16-9-13(3,4)8-15-12(17)11(16)7-14-5/h10-11,14H,6-9H2,1-5H3,(H,15,17). The minimum absolute atomic E-state index is 0.0447. The fourth-order valence-electron chi connectivity index (χ4n) is 2.36. The highest BCUT2D eigenvalue weighted by Crippen LogP contribution is 2.23. The highest BCUT2D eigenvalue weighted by molar-refractivity contribution is 5.82. The molecule has 100 valence electrons. The highest BCUT2D eigenvalue weighted by Gasteiger charge is 2.36. The summed E-state index contributed by atoms with van der Waals surface area (Å²) in [6.07, 6.45) is 1.07. The lowest BCUT2D eigenvalue weighted by Crippen LogP contribution is -2.53. The van der Waals surface area contributed by atoms with Gasteiger partial charge in [-0.2, -0.15) is 0 Å². The molecular weight excluding hydrogens is 214 g/mol. The van der Waals surface area contributed by atoms with E-state index in [-0.39, 0.29) is 17.4 Å². The monoisotopic (exact) mass is 241 g/mol. The first-order chi connectivity index (χ1) is 7.91. The van der Waals surface area contributed by atoms with E-state index in [1.165, 1.54) is 0 Å². The Morgan fingerprint density at radius 1 is 1.59 bits per heavy atom. The van der Waals surface area contributed by atoms with E-state index in [4.69, 9.17) is 0 Å². The molecule has 2 unspecified atom stereocenters. The van der Waals surface area contributed by atoms with Crippen molar-refractivity contribution in [3.8, 4) is 0 Å². The molecule has 0 aromatic carbocycles. The summed E-state index contributed by atoms with van der Waals surface area (Å²) < 4.78 is 0. The van der Waals surface area contributed by atoms with Crippen molar-refractivity contribution in [3.63, 3.8) is 0 Å². The van der Waals surface area contributed by atoms with Crippen LogP contribution >= 0.6 is 0 Å². The highest BCUT2D eigenvalue weighted by atomic mass is 16.2. The summed E-state index contributed by atoms with van der Waals surface area (Å²) in [7, 11) is 1.90. The van der Waals surface area contributed by atoms with Gasteiger partial charge >= 0.3 is 0 Å². The van der Waals surface area contributed by atoms with Crippen molar-refractivity contribution < 1.29 is 4.79 Å². The minimum atomic E-state index is -0.0447. The largest absolute Gasteiger partial charge is 0.354 e. The number of carbonyl (C=O) groups excluding carboxylic acids is 1. The number of nitrogens with one attached hydrogen (secondary N) is 2. The lowest BCUT2D eigenvalue weighted by Gasteiger charge is -2.36. The Labute approximate surface area is 105 Å². The molecule has 1 saturated heterocycles. The molecule has 0 spiro atoms. The fourth-order valence-corrected chi connectivity index (χ4v) is 2.36. The molecule has 1 aliphatic rings. The molecule has 4 heteroatoms. The van der Waals surface area contributed by atoms with E-state index in [1.807, 2.05) is 7.05 Å². The minimum Gasteiger partial charge on any atom is -0.354 e. The number of hydrogen-bond donors (Lipinski definition) is 2. The zero-order valence-corrected chi connectivity index (χ0v) is 11.8. The van der Waals surface area contributed by atoms with E-state index in [9.17, 15) is 4.79 Å². The van der Waals surface area contributed by atoms with Crippen molar-refractivity contribution in [3.05, 3.63) is 0 Å². The summed E-state index contributed by atoms with van der Waals surface area (Å²) >= 11 is 0. The van der Waals surface area contributed by atoms with Crippen molar-refractivity contribution in [2.75, 3.05) is 26.7 Å². The van der Waals surface area contributed by atoms with Crippen LogP contribution in [0.5, 0.6) is 0 Å². The maximum absolute atomic E-state index is 12.1. The maximum atomic E-state index is 12.1. The van der Waals surface area contributed by atoms with Gasteiger partial charge in [-0.25, -0.2) is 0 Å². The Balaban J connectivity index is 2.91. The van der Waals surface area contributed by atoms with Gasteiger partial charge < -0.3 is 10.6 Å². The zero-order chi connectivity index (χ0) is 13.1. The SMILES string of the molecule is CCC(C)N1CC(C)(C)CNC(=O)C1CNC. The third-order valence-corrected chi connectivity index (χ3v) is 3.61. The van der Waals surface area contributed by atoms with Gasteiger partial charge in [0.15, 0.2) is 0 Å². The van der Waals surface area contributed by atoms with Crippen LogP contribution in [0.15, 0.2) is 0 Å². The van der Waals surface area contributed by atoms with Gasteiger partial charge in [-0.05, 0) is 25.8 Å². The number of rotatable bonds is 4. The number of amides is 1. The van der Waals surface area contributed by atoms with Gasteiger partial charge in [-0.1, -0.05) is 20.8 Å². The molecule has 1 aliphatic heterocycles. The van der Waals surface area contributed by atoms with Gasteiger partial charge in [0, 0.05) is 25.7 Å². The average Bonchev–Trinajstić information content (AvgIpc) is 2.39. The molecule has 4 nitrogen and oxygen atoms in total. The van der Waals surface area contributed by atoms with Crippen molar-refractivity contribution >= 4 is 5.91 Å². The fraction of sp³-hybridized carbons (Fsp3) is 0.923. The molecule has 1 fully saturated rings. The van der Waals surface area contributed by atoms with Gasteiger partial charge in [-0.15, -0.1) is 0 Å². The van der Waals surface area contributed by atoms with Crippen LogP contribution in [-0.2, 0) is 4.79 Å². The number of likely N-dealkylation sites (N-methyl/N-ethyl adjacent to an activating group) is 1. The van der Waals surface area contributed by atoms with Gasteiger partial charge in [0.05, 0.1) is 0 Å². The van der Waals surface area contributed by atoms with E-state index in [0.717, 1.165) is 19.5 Å². The molecule has 1 rings (SSSR count). The summed E-state index contributed by atoms with van der Waals surface area (Å²) in [5.74, 6) is 0.158. The topological polar surface area (TPSA) is 44.4 Å². The van der Waals surface area contributed by atoms with Crippen LogP contribution in [0.1, 0.15) is 34.1 Å². The smallest absolute Gasteiger partial charge is 0.238 e. The van der Waals surface area contributed by atoms with Gasteiger partial charge in [0.2, 0.25) is 5.91 Å². The number of nitrogens with zero attached hydrogens (tertiary/aromatic N) is 1. The summed E-state index contributed by atoms with van der Waals surface area (Å²) in [4.78, 5) is 14.5. The number of carbonyl (C=O) groups is 1. The molecule has 1 heterocycles. The van der Waals surface area contributed by atoms with E-state index in [0.29, 0.717) is 12.6 Å². The van der Waals surface area contributed by atoms with Crippen LogP contribution < -0.4 is 10.6 Å². The first-order valence-electron chi connectivity index (χ1n) is 6.59. The van der Waals surface area contributed by atoms with Gasteiger partial charge in [0.1, 0.15) is 6.04 Å². The molecule has 1 amide bonds. The third-order valence-electron chi connectivity index (χ3n) is 3.61. The van der Waals surface area contributed by atoms with Gasteiger partial charge in [0.25, 0.3) is 0 Å². The van der Waals surface area contributed by atoms with E-state index in [2.05, 4.69) is 43.2 Å². The average molecular weight is 241 g/mol. The normalized spacial score (nSPS) is 27.4. The molecule has 2 N–H and O–H groups in total. The van der Waals surface area contributed by atoms with Crippen LogP contribution in [0.4, 0.5) is 0 Å². The maximum Gasteiger partial charge on any atom is 0.238 e. The quantitative estimate of drug-likeness (QED) is 0.766. The molecule has 0 aromatic rings. The Bertz CT molecular complexity index is 265. The first kappa shape index (κ1) is 14.5. The molecular formula is C13H27N3O. The molecule has 2 atom stereocenters. The van der Waals surface area contributed by atoms with Crippen molar-refractivity contribution in [1.29, 1.82) is 0 Å². The molecule has 0 bridgehead atoms. The second-order valence-corrected chi connectivity index (χ2v) is 5.89. The summed E-state index contributed by atoms with van der Waals surface area (Å²) in [5, 5.41) is 6.19. The summed E-state index contributed by atoms with van der Waals surface area (Å²) in [6.45, 7) is 11.3. The van der Waals surface area contributed by atoms with Crippen LogP contribution in [0, 0.1) is 5.41 Å². The lowest BCUT2D eigenvalue weighted by molar-refractivity contribution is -0.126. The third kappa shape index (κ3) is 3.68. The summed E-state index contributed by atoms with van der Waals surface area (Å²) in [6, 6.07) is 0.396. The second-order valence-electron chi connectivity index (χ2n) is 5.89. The Morgan fingerprint density at radius 2 is 2.24 bits per heavy atom. The van der Waals surface area contributed by atoms with E-state index >= 15 is 0 Å². The molecule has 0 aromatic heterocycles. The van der Waals surface area contributed by atoms with Crippen LogP contribution in [0.25, 0.3) is 0 Å². The second kappa shape index (κ2) is 5.83. The van der Waals surface area contributed by atoms with Gasteiger partial charge in [-0.3, -0.25) is 9.69 Å². The number of hydrogen-bond acceptors (Lipinski definition) is 3. The molecule has 0 radical (unpaired) electrons. The Hall–Kier alpha value is -0.610. The molecule has 0 aliphatic carbocycles. The first-order valence-corrected chi connectivity index (χ1v) is 6.59. The van der Waals surface area contributed by atoms with Crippen LogP contribution in [0.2, 0.25) is 0 Å². The lowest BCUT2D eigenvalue weighted by atomic mass is 9.92. The zero-order valence-electron chi connectivity index (χ0n) is 11.8. The van der Waals surface area contributed by atoms with Crippen LogP contribution in [-0.4, -0.2) is 49.6 Å². The molecule has 0 saturated carbocycles. The Morgan fingerprint density at radius 3 is 2.76 bits per heavy atom. The van der Waals surface area contributed by atoms with Crippen LogP contribution in [0.3, 0.4) is 0 Å². The van der Waals surface area contributed by atoms with Crippen molar-refractivity contribution in [2.24, 2.45) is 5.41 Å². The van der Waals surface area contributed by atoms with Crippen molar-refractivity contribution in [2.45, 2.75) is 46.2 Å². The molecule has 17 heavy (non-hydrogen) atoms. The predicted octanol–water partition coefficient (Wildman–Crippen LogP) is 0.831. The predicted molar refractivity (Wildman–Crippen MR) is 71.0 cm³/mol. The summed E-state index contributed by atoms with van der Waals surface area (Å²) in [5.41, 5.74) is 0.140. The van der Waals surface area contributed by atoms with Crippen molar-refractivity contribution in [1.82, 2.24) is 15.5 Å².